The largest absolute Gasteiger partial charge is 0.481 e. The molecule has 0 spiro atoms. The molecule has 1 aromatic carbocycles. The van der Waals surface area contributed by atoms with E-state index in [0.717, 1.165) is 6.42 Å². The fourth-order valence-corrected chi connectivity index (χ4v) is 1.61. The summed E-state index contributed by atoms with van der Waals surface area (Å²) in [6, 6.07) is 8.22. The van der Waals surface area contributed by atoms with Crippen LogP contribution in [0.25, 0.3) is 0 Å². The first-order valence-corrected chi connectivity index (χ1v) is 4.85. The Morgan fingerprint density at radius 3 is 2.79 bits per heavy atom. The average molecular weight is 192 g/mol. The third-order valence-corrected chi connectivity index (χ3v) is 2.19. The highest BCUT2D eigenvalue weighted by Crippen LogP contribution is 2.12. The zero-order chi connectivity index (χ0) is 10.6. The summed E-state index contributed by atoms with van der Waals surface area (Å²) in [6.45, 7) is 4.02. The molecule has 0 aliphatic rings. The quantitative estimate of drug-likeness (QED) is 0.796. The van der Waals surface area contributed by atoms with Gasteiger partial charge in [-0.15, -0.1) is 0 Å². The molecule has 1 rings (SSSR count). The van der Waals surface area contributed by atoms with E-state index in [4.69, 9.17) is 5.11 Å². The lowest BCUT2D eigenvalue weighted by molar-refractivity contribution is -0.137. The Morgan fingerprint density at radius 1 is 1.50 bits per heavy atom. The van der Waals surface area contributed by atoms with Crippen molar-refractivity contribution >= 4 is 5.97 Å². The molecule has 0 aliphatic heterocycles. The highest BCUT2D eigenvalue weighted by atomic mass is 16.4. The molecule has 0 saturated carbocycles. The standard InChI is InChI=1S/C12H16O2/c1-9-4-3-5-11(6-9)7-10(2)8-12(13)14/h3-6,10H,7-8H2,1-2H3,(H,13,14)/t10-/m0/s1. The monoisotopic (exact) mass is 192 g/mol. The first-order chi connectivity index (χ1) is 6.58. The molecule has 0 aliphatic carbocycles. The molecule has 76 valence electrons. The van der Waals surface area contributed by atoms with Crippen molar-refractivity contribution in [3.05, 3.63) is 35.4 Å². The van der Waals surface area contributed by atoms with Crippen LogP contribution >= 0.6 is 0 Å². The number of rotatable bonds is 4. The summed E-state index contributed by atoms with van der Waals surface area (Å²) in [7, 11) is 0. The van der Waals surface area contributed by atoms with Crippen LogP contribution in [0.3, 0.4) is 0 Å². The van der Waals surface area contributed by atoms with Gasteiger partial charge in [0.15, 0.2) is 0 Å². The molecule has 0 radical (unpaired) electrons. The molecule has 0 unspecified atom stereocenters. The van der Waals surface area contributed by atoms with E-state index in [9.17, 15) is 4.79 Å². The minimum Gasteiger partial charge on any atom is -0.481 e. The summed E-state index contributed by atoms with van der Waals surface area (Å²) in [6.07, 6.45) is 1.09. The van der Waals surface area contributed by atoms with Crippen molar-refractivity contribution in [2.75, 3.05) is 0 Å². The van der Waals surface area contributed by atoms with Crippen molar-refractivity contribution in [1.82, 2.24) is 0 Å². The number of hydrogen-bond donors (Lipinski definition) is 1. The number of benzene rings is 1. The average Bonchev–Trinajstić information content (AvgIpc) is 2.01. The molecule has 2 nitrogen and oxygen atoms in total. The molecule has 0 heterocycles. The summed E-state index contributed by atoms with van der Waals surface area (Å²) in [5, 5.41) is 8.62. The Kier molecular flexibility index (Phi) is 3.69. The SMILES string of the molecule is Cc1cccc(C[C@H](C)CC(=O)O)c1. The highest BCUT2D eigenvalue weighted by molar-refractivity contribution is 5.67. The number of carboxylic acid groups (broad SMARTS) is 1. The minimum atomic E-state index is -0.717. The lowest BCUT2D eigenvalue weighted by Crippen LogP contribution is -2.06. The maximum Gasteiger partial charge on any atom is 0.303 e. The van der Waals surface area contributed by atoms with Crippen molar-refractivity contribution in [2.45, 2.75) is 26.7 Å². The first kappa shape index (κ1) is 10.8. The zero-order valence-electron chi connectivity index (χ0n) is 8.66. The van der Waals surface area contributed by atoms with Crippen LogP contribution in [0.15, 0.2) is 24.3 Å². The van der Waals surface area contributed by atoms with E-state index in [2.05, 4.69) is 6.07 Å². The molecule has 0 saturated heterocycles. The number of aliphatic carboxylic acids is 1. The van der Waals surface area contributed by atoms with Gasteiger partial charge in [0, 0.05) is 6.42 Å². The van der Waals surface area contributed by atoms with Gasteiger partial charge in [0.2, 0.25) is 0 Å². The molecule has 0 aromatic heterocycles. The lowest BCUT2D eigenvalue weighted by Gasteiger charge is -2.08. The van der Waals surface area contributed by atoms with Gasteiger partial charge in [0.05, 0.1) is 0 Å². The minimum absolute atomic E-state index is 0.203. The third kappa shape index (κ3) is 3.60. The van der Waals surface area contributed by atoms with Crippen LogP contribution in [0.1, 0.15) is 24.5 Å². The molecule has 2 heteroatoms. The van der Waals surface area contributed by atoms with Crippen LogP contribution in [-0.2, 0) is 11.2 Å². The Hall–Kier alpha value is -1.31. The number of carboxylic acids is 1. The second-order valence-electron chi connectivity index (χ2n) is 3.90. The van der Waals surface area contributed by atoms with E-state index in [1.165, 1.54) is 11.1 Å². The van der Waals surface area contributed by atoms with Gasteiger partial charge in [-0.2, -0.15) is 0 Å². The summed E-state index contributed by atoms with van der Waals surface area (Å²) in [5.74, 6) is -0.514. The maximum absolute atomic E-state index is 10.5. The van der Waals surface area contributed by atoms with Crippen LogP contribution in [0.5, 0.6) is 0 Å². The van der Waals surface area contributed by atoms with Gasteiger partial charge in [-0.05, 0) is 24.8 Å². The molecule has 1 N–H and O–H groups in total. The molecule has 1 aromatic rings. The Morgan fingerprint density at radius 2 is 2.21 bits per heavy atom. The van der Waals surface area contributed by atoms with Gasteiger partial charge in [-0.1, -0.05) is 36.8 Å². The fourth-order valence-electron chi connectivity index (χ4n) is 1.61. The summed E-state index contributed by atoms with van der Waals surface area (Å²) in [5.41, 5.74) is 2.45. The second kappa shape index (κ2) is 4.80. The summed E-state index contributed by atoms with van der Waals surface area (Å²) in [4.78, 5) is 10.5. The molecular weight excluding hydrogens is 176 g/mol. The highest BCUT2D eigenvalue weighted by Gasteiger charge is 2.08. The Bertz CT molecular complexity index is 318. The summed E-state index contributed by atoms with van der Waals surface area (Å²) < 4.78 is 0. The predicted octanol–water partition coefficient (Wildman–Crippen LogP) is 2.65. The molecule has 0 bridgehead atoms. The Balaban J connectivity index is 2.55. The summed E-state index contributed by atoms with van der Waals surface area (Å²) >= 11 is 0. The van der Waals surface area contributed by atoms with E-state index in [0.29, 0.717) is 0 Å². The maximum atomic E-state index is 10.5. The smallest absolute Gasteiger partial charge is 0.303 e. The zero-order valence-corrected chi connectivity index (χ0v) is 8.66. The number of hydrogen-bond acceptors (Lipinski definition) is 1. The van der Waals surface area contributed by atoms with Crippen molar-refractivity contribution < 1.29 is 9.90 Å². The molecule has 14 heavy (non-hydrogen) atoms. The van der Waals surface area contributed by atoms with Crippen molar-refractivity contribution in [2.24, 2.45) is 5.92 Å². The predicted molar refractivity (Wildman–Crippen MR) is 56.3 cm³/mol. The van der Waals surface area contributed by atoms with Crippen molar-refractivity contribution in [3.63, 3.8) is 0 Å². The van der Waals surface area contributed by atoms with Gasteiger partial charge in [0.25, 0.3) is 0 Å². The van der Waals surface area contributed by atoms with Crippen LogP contribution in [0, 0.1) is 12.8 Å². The van der Waals surface area contributed by atoms with Crippen LogP contribution in [0.2, 0.25) is 0 Å². The molecule has 0 amide bonds. The van der Waals surface area contributed by atoms with E-state index in [1.807, 2.05) is 32.0 Å². The van der Waals surface area contributed by atoms with Crippen LogP contribution in [0.4, 0.5) is 0 Å². The van der Waals surface area contributed by atoms with Crippen molar-refractivity contribution in [3.8, 4) is 0 Å². The van der Waals surface area contributed by atoms with Gasteiger partial charge in [-0.25, -0.2) is 0 Å². The van der Waals surface area contributed by atoms with Gasteiger partial charge in [-0.3, -0.25) is 4.79 Å². The van der Waals surface area contributed by atoms with E-state index >= 15 is 0 Å². The molecule has 0 fully saturated rings. The van der Waals surface area contributed by atoms with Gasteiger partial charge in [0.1, 0.15) is 0 Å². The second-order valence-corrected chi connectivity index (χ2v) is 3.90. The Labute approximate surface area is 84.6 Å². The van der Waals surface area contributed by atoms with E-state index < -0.39 is 5.97 Å². The van der Waals surface area contributed by atoms with Crippen molar-refractivity contribution in [1.29, 1.82) is 0 Å². The number of aryl methyl sites for hydroxylation is 1. The van der Waals surface area contributed by atoms with Gasteiger partial charge >= 0.3 is 5.97 Å². The van der Waals surface area contributed by atoms with E-state index in [1.54, 1.807) is 0 Å². The molecule has 1 atom stereocenters. The third-order valence-electron chi connectivity index (χ3n) is 2.19. The first-order valence-electron chi connectivity index (χ1n) is 4.85. The number of carbonyl (C=O) groups is 1. The fraction of sp³-hybridized carbons (Fsp3) is 0.417. The lowest BCUT2D eigenvalue weighted by atomic mass is 9.97. The van der Waals surface area contributed by atoms with Crippen LogP contribution in [-0.4, -0.2) is 11.1 Å². The molecular formula is C12H16O2. The van der Waals surface area contributed by atoms with Crippen LogP contribution < -0.4 is 0 Å². The van der Waals surface area contributed by atoms with E-state index in [-0.39, 0.29) is 12.3 Å². The topological polar surface area (TPSA) is 37.3 Å². The normalized spacial score (nSPS) is 12.4. The van der Waals surface area contributed by atoms with Gasteiger partial charge < -0.3 is 5.11 Å².